The zero-order valence-corrected chi connectivity index (χ0v) is 7.18. The third-order valence-electron chi connectivity index (χ3n) is 1.13. The molecule has 0 fully saturated rings. The summed E-state index contributed by atoms with van der Waals surface area (Å²) in [6.07, 6.45) is 1.29. The molecular weight excluding hydrogens is 231 g/mol. The number of hydrogen-bond acceptors (Lipinski definition) is 2. The Morgan fingerprint density at radius 1 is 1.18 bits per heavy atom. The molecule has 0 aliphatic rings. The summed E-state index contributed by atoms with van der Waals surface area (Å²) in [6, 6.07) is 8.33. The second kappa shape index (κ2) is 4.92. The average Bonchev–Trinajstić information content (AvgIpc) is 2.05. The molecule has 3 heteroatoms. The summed E-state index contributed by atoms with van der Waals surface area (Å²) in [7, 11) is 0. The Bertz CT molecular complexity index is 244. The molecule has 11 heavy (non-hydrogen) atoms. The Kier molecular flexibility index (Phi) is 4.55. The topological polar surface area (TPSA) is 34.1 Å². The van der Waals surface area contributed by atoms with Crippen LogP contribution in [0.4, 0.5) is 0 Å². The first kappa shape index (κ1) is 10.2. The number of rotatable bonds is 2. The van der Waals surface area contributed by atoms with Crippen molar-refractivity contribution in [2.75, 3.05) is 0 Å². The van der Waals surface area contributed by atoms with Crippen molar-refractivity contribution in [3.05, 3.63) is 35.9 Å². The zero-order chi connectivity index (χ0) is 7.40. The summed E-state index contributed by atoms with van der Waals surface area (Å²) in [6.45, 7) is 0. The molecule has 0 aromatic heterocycles. The molecule has 0 atom stereocenters. The molecule has 0 bridgehead atoms. The minimum Gasteiger partial charge on any atom is -0.415 e. The number of carbonyl (C=O) groups excluding carboxylic acids is 2. The second-order valence-electron chi connectivity index (χ2n) is 1.80. The van der Waals surface area contributed by atoms with E-state index in [-0.39, 0.29) is 19.5 Å². The van der Waals surface area contributed by atoms with E-state index in [9.17, 15) is 9.59 Å². The van der Waals surface area contributed by atoms with Crippen LogP contribution in [-0.2, 0) is 24.3 Å². The molecule has 1 radical (unpaired) electrons. The monoisotopic (exact) mass is 236 g/mol. The van der Waals surface area contributed by atoms with E-state index in [0.717, 1.165) is 0 Å². The Balaban J connectivity index is 0.000001000. The fourth-order valence-corrected chi connectivity index (χ4v) is 0.648. The van der Waals surface area contributed by atoms with Gasteiger partial charge in [0.25, 0.3) is 0 Å². The predicted octanol–water partition coefficient (Wildman–Crippen LogP) is 0.976. The summed E-state index contributed by atoms with van der Waals surface area (Å²) in [5.41, 5.74) is 0.387. The number of carbonyl (C=O) groups is 1. The van der Waals surface area contributed by atoms with Crippen molar-refractivity contribution in [1.29, 1.82) is 0 Å². The van der Waals surface area contributed by atoms with E-state index < -0.39 is 5.78 Å². The maximum Gasteiger partial charge on any atom is 0.0585 e. The molecule has 0 aliphatic heterocycles. The van der Waals surface area contributed by atoms with Crippen molar-refractivity contribution in [2.45, 2.75) is 0 Å². The molecule has 1 aromatic carbocycles. The van der Waals surface area contributed by atoms with Gasteiger partial charge in [-0.05, 0) is 0 Å². The van der Waals surface area contributed by atoms with Crippen LogP contribution in [0.5, 0.6) is 0 Å². The molecule has 0 spiro atoms. The molecule has 59 valence electrons. The van der Waals surface area contributed by atoms with Gasteiger partial charge in [-0.25, -0.2) is 0 Å². The first-order valence-electron chi connectivity index (χ1n) is 2.82. The van der Waals surface area contributed by atoms with E-state index in [1.807, 2.05) is 0 Å². The van der Waals surface area contributed by atoms with Crippen LogP contribution in [0.3, 0.4) is 0 Å². The Morgan fingerprint density at radius 2 is 1.73 bits per heavy atom. The summed E-state index contributed by atoms with van der Waals surface area (Å²) >= 11 is 0. The van der Waals surface area contributed by atoms with Gasteiger partial charge in [0.05, 0.1) is 5.78 Å². The summed E-state index contributed by atoms with van der Waals surface area (Å²) < 4.78 is 0. The van der Waals surface area contributed by atoms with Crippen LogP contribution in [0, 0.1) is 0 Å². The van der Waals surface area contributed by atoms with E-state index in [0.29, 0.717) is 5.56 Å². The molecular formula is C8H5O2Rh-. The molecule has 1 rings (SSSR count). The van der Waals surface area contributed by atoms with Gasteiger partial charge in [-0.2, -0.15) is 0 Å². The van der Waals surface area contributed by atoms with Crippen molar-refractivity contribution < 1.29 is 29.1 Å². The minimum absolute atomic E-state index is 0. The van der Waals surface area contributed by atoms with Crippen LogP contribution >= 0.6 is 0 Å². The predicted molar refractivity (Wildman–Crippen MR) is 36.5 cm³/mol. The van der Waals surface area contributed by atoms with E-state index >= 15 is 0 Å². The van der Waals surface area contributed by atoms with Crippen LogP contribution in [0.25, 0.3) is 0 Å². The van der Waals surface area contributed by atoms with Crippen LogP contribution in [0.1, 0.15) is 10.4 Å². The fraction of sp³-hybridized carbons (Fsp3) is 0. The van der Waals surface area contributed by atoms with Crippen molar-refractivity contribution in [2.24, 2.45) is 0 Å². The molecule has 0 saturated heterocycles. The summed E-state index contributed by atoms with van der Waals surface area (Å²) in [4.78, 5) is 20.4. The maximum atomic E-state index is 10.6. The summed E-state index contributed by atoms with van der Waals surface area (Å²) in [5, 5.41) is 0. The van der Waals surface area contributed by atoms with Crippen molar-refractivity contribution in [3.8, 4) is 0 Å². The standard InChI is InChI=1S/C8H5O2.Rh/c9-6-8(10)7-4-2-1-3-5-7;/h1-5H;/q-1;. The molecule has 2 nitrogen and oxygen atoms in total. The third kappa shape index (κ3) is 2.73. The zero-order valence-electron chi connectivity index (χ0n) is 5.54. The van der Waals surface area contributed by atoms with Gasteiger partial charge in [0.15, 0.2) is 0 Å². The SMILES string of the molecule is O=[C-]C(=O)c1ccccc1.[Rh]. The molecule has 0 amide bonds. The van der Waals surface area contributed by atoms with E-state index in [1.165, 1.54) is 6.29 Å². The smallest absolute Gasteiger partial charge is 0.0585 e. The molecule has 0 unspecified atom stereocenters. The van der Waals surface area contributed by atoms with Gasteiger partial charge in [0.2, 0.25) is 0 Å². The molecule has 0 aliphatic carbocycles. The van der Waals surface area contributed by atoms with Gasteiger partial charge < -0.3 is 9.59 Å². The normalized spacial score (nSPS) is 8.00. The minimum atomic E-state index is -0.597. The first-order valence-corrected chi connectivity index (χ1v) is 2.82. The van der Waals surface area contributed by atoms with Crippen LogP contribution in [0.15, 0.2) is 30.3 Å². The van der Waals surface area contributed by atoms with Gasteiger partial charge in [-0.1, -0.05) is 18.2 Å². The van der Waals surface area contributed by atoms with Gasteiger partial charge in [0.1, 0.15) is 0 Å². The van der Waals surface area contributed by atoms with Gasteiger partial charge in [0, 0.05) is 25.8 Å². The van der Waals surface area contributed by atoms with Crippen LogP contribution in [0.2, 0.25) is 0 Å². The van der Waals surface area contributed by atoms with Gasteiger partial charge in [-0.15, -0.1) is 17.7 Å². The van der Waals surface area contributed by atoms with Gasteiger partial charge >= 0.3 is 0 Å². The van der Waals surface area contributed by atoms with Crippen LogP contribution in [-0.4, -0.2) is 12.1 Å². The molecule has 1 aromatic rings. The fourth-order valence-electron chi connectivity index (χ4n) is 0.648. The maximum absolute atomic E-state index is 10.6. The van der Waals surface area contributed by atoms with E-state index in [4.69, 9.17) is 0 Å². The van der Waals surface area contributed by atoms with E-state index in [2.05, 4.69) is 0 Å². The van der Waals surface area contributed by atoms with Crippen molar-refractivity contribution >= 4 is 12.1 Å². The molecule has 0 heterocycles. The third-order valence-corrected chi connectivity index (χ3v) is 1.13. The second-order valence-corrected chi connectivity index (χ2v) is 1.80. The Morgan fingerprint density at radius 3 is 2.18 bits per heavy atom. The largest absolute Gasteiger partial charge is 0.415 e. The number of ketones is 1. The van der Waals surface area contributed by atoms with E-state index in [1.54, 1.807) is 30.3 Å². The van der Waals surface area contributed by atoms with Crippen molar-refractivity contribution in [3.63, 3.8) is 0 Å². The summed E-state index contributed by atoms with van der Waals surface area (Å²) in [5.74, 6) is -0.597. The Hall–Kier alpha value is -0.817. The van der Waals surface area contributed by atoms with Crippen LogP contribution < -0.4 is 0 Å². The number of hydrogen-bond donors (Lipinski definition) is 0. The molecule has 0 N–H and O–H groups in total. The quantitative estimate of drug-likeness (QED) is 0.332. The molecule has 0 saturated carbocycles. The van der Waals surface area contributed by atoms with Crippen molar-refractivity contribution in [1.82, 2.24) is 0 Å². The average molecular weight is 236 g/mol. The number of Topliss-reactive ketones (excluding diaryl/α,β-unsaturated/α-hetero) is 1. The van der Waals surface area contributed by atoms with Gasteiger partial charge in [-0.3, -0.25) is 0 Å². The first-order chi connectivity index (χ1) is 4.84. The number of benzene rings is 1. The Labute approximate surface area is 77.4 Å².